The van der Waals surface area contributed by atoms with Gasteiger partial charge >= 0.3 is 0 Å². The Labute approximate surface area is 206 Å². The first-order valence-electron chi connectivity index (χ1n) is 12.2. The summed E-state index contributed by atoms with van der Waals surface area (Å²) in [5.74, 6) is -1.16. The van der Waals surface area contributed by atoms with Gasteiger partial charge in [-0.05, 0) is 32.6 Å². The molecular weight excluding hydrogens is 458 g/mol. The number of aliphatic hydroxyl groups is 4. The molecule has 0 aromatic rings. The van der Waals surface area contributed by atoms with E-state index in [0.717, 1.165) is 5.57 Å². The maximum Gasteiger partial charge on any atom is 0.226 e. The second kappa shape index (κ2) is 14.0. The molecule has 2 aliphatic heterocycles. The van der Waals surface area contributed by atoms with Gasteiger partial charge in [0.1, 0.15) is 30.2 Å². The number of aliphatic hydroxyl groups excluding tert-OH is 4. The molecule has 7 atom stereocenters. The van der Waals surface area contributed by atoms with Crippen LogP contribution in [-0.4, -0.2) is 81.4 Å². The summed E-state index contributed by atoms with van der Waals surface area (Å²) >= 11 is 0. The highest BCUT2D eigenvalue weighted by Gasteiger charge is 2.45. The number of piperidine rings is 1. The molecule has 198 valence electrons. The Morgan fingerprint density at radius 3 is 2.43 bits per heavy atom. The van der Waals surface area contributed by atoms with Crippen molar-refractivity contribution >= 4 is 17.6 Å². The van der Waals surface area contributed by atoms with Crippen molar-refractivity contribution < 1.29 is 44.3 Å². The Morgan fingerprint density at radius 1 is 1.17 bits per heavy atom. The van der Waals surface area contributed by atoms with Gasteiger partial charge in [-0.15, -0.1) is 0 Å². The minimum Gasteiger partial charge on any atom is -0.394 e. The summed E-state index contributed by atoms with van der Waals surface area (Å²) in [6.45, 7) is 4.98. The molecule has 2 saturated heterocycles. The number of amides is 2. The molecule has 0 radical (unpaired) electrons. The van der Waals surface area contributed by atoms with Crippen LogP contribution in [0.5, 0.6) is 0 Å². The fraction of sp³-hybridized carbons (Fsp3) is 0.720. The number of Topliss-reactive ketones (excluding diaryl/α,β-unsaturated/α-hetero) is 1. The van der Waals surface area contributed by atoms with Gasteiger partial charge in [0.2, 0.25) is 11.8 Å². The summed E-state index contributed by atoms with van der Waals surface area (Å²) in [5, 5.41) is 42.1. The van der Waals surface area contributed by atoms with Gasteiger partial charge < -0.3 is 29.9 Å². The Kier molecular flexibility index (Phi) is 11.7. The van der Waals surface area contributed by atoms with Crippen LogP contribution in [0.25, 0.3) is 0 Å². The van der Waals surface area contributed by atoms with E-state index in [9.17, 15) is 34.8 Å². The zero-order valence-electron chi connectivity index (χ0n) is 20.6. The summed E-state index contributed by atoms with van der Waals surface area (Å²) in [6.07, 6.45) is -0.135. The molecule has 0 spiro atoms. The lowest BCUT2D eigenvalue weighted by molar-refractivity contribution is -0.311. The lowest BCUT2D eigenvalue weighted by Gasteiger charge is -2.41. The maximum absolute atomic E-state index is 12.9. The largest absolute Gasteiger partial charge is 0.394 e. The number of rotatable bonds is 12. The topological polar surface area (TPSA) is 163 Å². The molecule has 1 unspecified atom stereocenters. The highest BCUT2D eigenvalue weighted by molar-refractivity contribution is 5.97. The Hall–Kier alpha value is -1.95. The first-order chi connectivity index (χ1) is 16.5. The van der Waals surface area contributed by atoms with Crippen molar-refractivity contribution in [2.24, 2.45) is 11.8 Å². The number of nitrogens with one attached hydrogen (secondary N) is 1. The van der Waals surface area contributed by atoms with Crippen molar-refractivity contribution in [3.8, 4) is 0 Å². The Morgan fingerprint density at radius 2 is 1.83 bits per heavy atom. The lowest BCUT2D eigenvalue weighted by atomic mass is 9.90. The van der Waals surface area contributed by atoms with Gasteiger partial charge in [-0.2, -0.15) is 0 Å². The zero-order chi connectivity index (χ0) is 26.1. The number of hydrogen-bond acceptors (Lipinski definition) is 9. The van der Waals surface area contributed by atoms with E-state index in [1.54, 1.807) is 6.92 Å². The molecule has 5 N–H and O–H groups in total. The normalized spacial score (nSPS) is 30.4. The standard InChI is InChI=1S/C25H39NO9/c1-4-6-14(2)9-15(3)18(28)12-17(8-5-7-16-10-20(29)26-21(30)11-16)34-25-24(33)23(32)22(31)19(13-27)35-25/h4,6,9,15-17,19,22-25,27,31-33H,5,7-8,10-13H2,1-3H3,(H,26,29,30)/b6-4-,14-9+/t15-,17+,19+,22+,23+,24+,25?/m0/s1. The third-order valence-corrected chi connectivity index (χ3v) is 6.42. The quantitative estimate of drug-likeness (QED) is 0.191. The van der Waals surface area contributed by atoms with Gasteiger partial charge in [-0.3, -0.25) is 19.7 Å². The molecule has 0 saturated carbocycles. The van der Waals surface area contributed by atoms with E-state index < -0.39 is 43.4 Å². The predicted octanol–water partition coefficient (Wildman–Crippen LogP) is 0.512. The van der Waals surface area contributed by atoms with E-state index in [0.29, 0.717) is 19.3 Å². The fourth-order valence-corrected chi connectivity index (χ4v) is 4.50. The maximum atomic E-state index is 12.9. The lowest BCUT2D eigenvalue weighted by Crippen LogP contribution is -2.59. The monoisotopic (exact) mass is 497 g/mol. The van der Waals surface area contributed by atoms with Gasteiger partial charge in [0.15, 0.2) is 6.29 Å². The zero-order valence-corrected chi connectivity index (χ0v) is 20.6. The van der Waals surface area contributed by atoms with Crippen LogP contribution >= 0.6 is 0 Å². The molecule has 2 amide bonds. The van der Waals surface area contributed by atoms with Crippen molar-refractivity contribution in [2.75, 3.05) is 6.61 Å². The van der Waals surface area contributed by atoms with Crippen LogP contribution in [0.15, 0.2) is 23.8 Å². The van der Waals surface area contributed by atoms with Gasteiger partial charge in [-0.25, -0.2) is 0 Å². The van der Waals surface area contributed by atoms with Gasteiger partial charge in [0.05, 0.1) is 12.7 Å². The van der Waals surface area contributed by atoms with Crippen LogP contribution in [0.2, 0.25) is 0 Å². The van der Waals surface area contributed by atoms with E-state index in [-0.39, 0.29) is 48.7 Å². The summed E-state index contributed by atoms with van der Waals surface area (Å²) in [6, 6.07) is 0. The Balaban J connectivity index is 2.07. The third kappa shape index (κ3) is 8.89. The van der Waals surface area contributed by atoms with E-state index in [1.807, 2.05) is 32.1 Å². The van der Waals surface area contributed by atoms with Crippen LogP contribution in [0.4, 0.5) is 0 Å². The molecular formula is C25H39NO9. The molecule has 2 aliphatic rings. The van der Waals surface area contributed by atoms with Crippen molar-refractivity contribution in [1.29, 1.82) is 0 Å². The summed E-state index contributed by atoms with van der Waals surface area (Å²) < 4.78 is 11.4. The highest BCUT2D eigenvalue weighted by Crippen LogP contribution is 2.27. The SMILES string of the molecule is C/C=C\C(C)=C\[C@H](C)C(=O)C[C@@H](CCCC1CC(=O)NC(=O)C1)OC1O[C@H](CO)[C@@H](O)[C@@H](O)[C@H]1O. The minimum absolute atomic E-state index is 0.0138. The highest BCUT2D eigenvalue weighted by atomic mass is 16.7. The van der Waals surface area contributed by atoms with Crippen LogP contribution in [0, 0.1) is 11.8 Å². The molecule has 2 heterocycles. The number of allylic oxidation sites excluding steroid dienone is 4. The van der Waals surface area contributed by atoms with E-state index in [2.05, 4.69) is 5.32 Å². The molecule has 10 heteroatoms. The smallest absolute Gasteiger partial charge is 0.226 e. The molecule has 0 aromatic heterocycles. The number of hydrogen-bond donors (Lipinski definition) is 5. The van der Waals surface area contributed by atoms with E-state index in [1.165, 1.54) is 0 Å². The first-order valence-corrected chi connectivity index (χ1v) is 12.2. The number of carbonyl (C=O) groups excluding carboxylic acids is 3. The van der Waals surface area contributed by atoms with Crippen LogP contribution in [0.1, 0.15) is 59.3 Å². The number of ketones is 1. The number of imide groups is 1. The second-order valence-corrected chi connectivity index (χ2v) is 9.50. The molecule has 0 aliphatic carbocycles. The van der Waals surface area contributed by atoms with Crippen molar-refractivity contribution in [3.63, 3.8) is 0 Å². The van der Waals surface area contributed by atoms with Crippen molar-refractivity contribution in [2.45, 2.75) is 96.1 Å². The number of carbonyl (C=O) groups is 3. The molecule has 0 bridgehead atoms. The van der Waals surface area contributed by atoms with E-state index in [4.69, 9.17) is 9.47 Å². The van der Waals surface area contributed by atoms with Crippen molar-refractivity contribution in [3.05, 3.63) is 23.8 Å². The predicted molar refractivity (Wildman–Crippen MR) is 126 cm³/mol. The van der Waals surface area contributed by atoms with Gasteiger partial charge in [0, 0.05) is 25.2 Å². The van der Waals surface area contributed by atoms with Crippen LogP contribution < -0.4 is 5.32 Å². The molecule has 10 nitrogen and oxygen atoms in total. The van der Waals surface area contributed by atoms with Crippen LogP contribution in [-0.2, 0) is 23.9 Å². The van der Waals surface area contributed by atoms with E-state index >= 15 is 0 Å². The van der Waals surface area contributed by atoms with Gasteiger partial charge in [-0.1, -0.05) is 37.1 Å². The fourth-order valence-electron chi connectivity index (χ4n) is 4.50. The summed E-state index contributed by atoms with van der Waals surface area (Å²) in [7, 11) is 0. The van der Waals surface area contributed by atoms with Crippen molar-refractivity contribution in [1.82, 2.24) is 5.32 Å². The second-order valence-electron chi connectivity index (χ2n) is 9.50. The number of ether oxygens (including phenoxy) is 2. The average molecular weight is 498 g/mol. The Bertz CT molecular complexity index is 778. The molecule has 2 rings (SSSR count). The summed E-state index contributed by atoms with van der Waals surface area (Å²) in [4.78, 5) is 36.2. The van der Waals surface area contributed by atoms with Crippen LogP contribution in [0.3, 0.4) is 0 Å². The third-order valence-electron chi connectivity index (χ3n) is 6.42. The molecule has 0 aromatic carbocycles. The van der Waals surface area contributed by atoms with Gasteiger partial charge in [0.25, 0.3) is 0 Å². The minimum atomic E-state index is -1.58. The molecule has 35 heavy (non-hydrogen) atoms. The first kappa shape index (κ1) is 29.3. The molecule has 2 fully saturated rings. The summed E-state index contributed by atoms with van der Waals surface area (Å²) in [5.41, 5.74) is 0.944. The average Bonchev–Trinajstić information content (AvgIpc) is 2.78.